The predicted molar refractivity (Wildman–Crippen MR) is 39.1 cm³/mol. The van der Waals surface area contributed by atoms with Crippen LogP contribution < -0.4 is 5.73 Å². The van der Waals surface area contributed by atoms with Crippen molar-refractivity contribution in [3.05, 3.63) is 0 Å². The molecular weight excluding hydrogens is 128 g/mol. The normalized spacial score (nSPS) is 8.40. The molecule has 0 amide bonds. The molecule has 0 radical (unpaired) electrons. The van der Waals surface area contributed by atoms with Gasteiger partial charge in [0.15, 0.2) is 6.19 Å². The van der Waals surface area contributed by atoms with E-state index < -0.39 is 0 Å². The van der Waals surface area contributed by atoms with Gasteiger partial charge in [-0.05, 0) is 6.42 Å². The highest BCUT2D eigenvalue weighted by Gasteiger charge is 2.01. The largest absolute Gasteiger partial charge is 0.369 e. The van der Waals surface area contributed by atoms with Crippen LogP contribution in [0, 0.1) is 16.9 Å². The average Bonchev–Trinajstić information content (AvgIpc) is 1.89. The maximum Gasteiger partial charge on any atom is 0.201 e. The number of rotatable bonds is 3. The molecule has 4 heteroatoms. The number of hydrogen-bond donors (Lipinski definition) is 2. The van der Waals surface area contributed by atoms with Gasteiger partial charge in [0.25, 0.3) is 0 Å². The summed E-state index contributed by atoms with van der Waals surface area (Å²) in [7, 11) is 0. The first kappa shape index (κ1) is 8.76. The lowest BCUT2D eigenvalue weighted by Gasteiger charge is -2.10. The Bertz CT molecular complexity index is 146. The zero-order valence-electron chi connectivity index (χ0n) is 6.09. The van der Waals surface area contributed by atoms with E-state index in [2.05, 4.69) is 0 Å². The number of hydrogen-bond acceptors (Lipinski definition) is 2. The molecule has 0 aromatic carbocycles. The molecule has 0 rings (SSSR count). The lowest BCUT2D eigenvalue weighted by molar-refractivity contribution is 0.534. The third kappa shape index (κ3) is 2.92. The van der Waals surface area contributed by atoms with Crippen LogP contribution in [0.25, 0.3) is 0 Å². The van der Waals surface area contributed by atoms with Crippen LogP contribution in [0.2, 0.25) is 0 Å². The molecule has 0 aliphatic carbocycles. The van der Waals surface area contributed by atoms with Crippen LogP contribution in [0.1, 0.15) is 19.8 Å². The summed E-state index contributed by atoms with van der Waals surface area (Å²) >= 11 is 0. The molecule has 56 valence electrons. The fraction of sp³-hybridized carbons (Fsp3) is 0.667. The number of nitrogens with two attached hydrogens (primary N) is 1. The third-order valence-corrected chi connectivity index (χ3v) is 1.15. The van der Waals surface area contributed by atoms with Gasteiger partial charge in [-0.1, -0.05) is 13.3 Å². The van der Waals surface area contributed by atoms with Crippen molar-refractivity contribution in [2.45, 2.75) is 19.8 Å². The minimum Gasteiger partial charge on any atom is -0.369 e. The Morgan fingerprint density at radius 3 is 2.70 bits per heavy atom. The van der Waals surface area contributed by atoms with E-state index in [1.807, 2.05) is 13.1 Å². The van der Waals surface area contributed by atoms with Gasteiger partial charge in [0.05, 0.1) is 0 Å². The average molecular weight is 140 g/mol. The molecule has 0 saturated carbocycles. The van der Waals surface area contributed by atoms with E-state index in [4.69, 9.17) is 16.4 Å². The van der Waals surface area contributed by atoms with Crippen molar-refractivity contribution in [3.63, 3.8) is 0 Å². The van der Waals surface area contributed by atoms with Crippen LogP contribution in [0.4, 0.5) is 0 Å². The Morgan fingerprint density at radius 2 is 2.40 bits per heavy atom. The van der Waals surface area contributed by atoms with Crippen molar-refractivity contribution in [1.29, 1.82) is 10.7 Å². The Kier molecular flexibility index (Phi) is 4.05. The van der Waals surface area contributed by atoms with Gasteiger partial charge < -0.3 is 5.73 Å². The number of nitrogens with zero attached hydrogens (tertiary/aromatic N) is 2. The van der Waals surface area contributed by atoms with Gasteiger partial charge in [-0.15, -0.1) is 0 Å². The van der Waals surface area contributed by atoms with Crippen molar-refractivity contribution in [2.24, 2.45) is 5.73 Å². The van der Waals surface area contributed by atoms with E-state index in [1.165, 1.54) is 4.90 Å². The fourth-order valence-corrected chi connectivity index (χ4v) is 0.541. The molecule has 0 unspecified atom stereocenters. The quantitative estimate of drug-likeness (QED) is 0.259. The summed E-state index contributed by atoms with van der Waals surface area (Å²) in [6.45, 7) is 2.58. The molecule has 0 heterocycles. The standard InChI is InChI=1S/C6H12N4/c1-2-3-4-10(5-7)6(8)9/h2-4H2,1H3,(H3,8,9). The first-order chi connectivity index (χ1) is 4.72. The molecule has 4 nitrogen and oxygen atoms in total. The maximum atomic E-state index is 8.38. The molecule has 0 atom stereocenters. The Hall–Kier alpha value is -1.24. The van der Waals surface area contributed by atoms with Gasteiger partial charge in [-0.3, -0.25) is 5.41 Å². The minimum atomic E-state index is -0.170. The molecule has 0 aromatic rings. The van der Waals surface area contributed by atoms with Crippen LogP contribution in [0.3, 0.4) is 0 Å². The molecule has 0 saturated heterocycles. The molecular formula is C6H12N4. The number of unbranched alkanes of at least 4 members (excludes halogenated alkanes) is 1. The zero-order chi connectivity index (χ0) is 7.98. The summed E-state index contributed by atoms with van der Waals surface area (Å²) in [4.78, 5) is 1.17. The minimum absolute atomic E-state index is 0.170. The Balaban J connectivity index is 3.64. The van der Waals surface area contributed by atoms with Crippen molar-refractivity contribution < 1.29 is 0 Å². The van der Waals surface area contributed by atoms with Gasteiger partial charge in [0, 0.05) is 6.54 Å². The van der Waals surface area contributed by atoms with Crippen LogP contribution in [0.5, 0.6) is 0 Å². The second kappa shape index (κ2) is 4.62. The van der Waals surface area contributed by atoms with Gasteiger partial charge >= 0.3 is 0 Å². The number of nitriles is 1. The van der Waals surface area contributed by atoms with Crippen LogP contribution in [0.15, 0.2) is 0 Å². The van der Waals surface area contributed by atoms with Crippen molar-refractivity contribution in [1.82, 2.24) is 4.90 Å². The Morgan fingerprint density at radius 1 is 1.80 bits per heavy atom. The van der Waals surface area contributed by atoms with E-state index in [9.17, 15) is 0 Å². The highest BCUT2D eigenvalue weighted by Crippen LogP contribution is 1.90. The Labute approximate surface area is 60.7 Å². The van der Waals surface area contributed by atoms with E-state index in [0.29, 0.717) is 6.54 Å². The summed E-state index contributed by atoms with van der Waals surface area (Å²) in [5.41, 5.74) is 5.07. The number of nitrogens with one attached hydrogen (secondary N) is 1. The monoisotopic (exact) mass is 140 g/mol. The van der Waals surface area contributed by atoms with Crippen molar-refractivity contribution in [2.75, 3.05) is 6.54 Å². The molecule has 0 aliphatic rings. The summed E-state index contributed by atoms with van der Waals surface area (Å²) in [6, 6.07) is 0. The summed E-state index contributed by atoms with van der Waals surface area (Å²) in [6.07, 6.45) is 3.72. The molecule has 3 N–H and O–H groups in total. The maximum absolute atomic E-state index is 8.38. The third-order valence-electron chi connectivity index (χ3n) is 1.15. The van der Waals surface area contributed by atoms with Crippen LogP contribution >= 0.6 is 0 Å². The molecule has 0 fully saturated rings. The summed E-state index contributed by atoms with van der Waals surface area (Å²) in [5.74, 6) is -0.170. The van der Waals surface area contributed by atoms with Crippen molar-refractivity contribution >= 4 is 5.96 Å². The molecule has 0 bridgehead atoms. The first-order valence-corrected chi connectivity index (χ1v) is 3.23. The van der Waals surface area contributed by atoms with Crippen LogP contribution in [-0.4, -0.2) is 17.4 Å². The van der Waals surface area contributed by atoms with Gasteiger partial charge in [-0.2, -0.15) is 5.26 Å². The lowest BCUT2D eigenvalue weighted by atomic mass is 10.3. The highest BCUT2D eigenvalue weighted by atomic mass is 15.2. The topological polar surface area (TPSA) is 76.9 Å². The predicted octanol–water partition coefficient (Wildman–Crippen LogP) is 0.463. The van der Waals surface area contributed by atoms with Crippen LogP contribution in [-0.2, 0) is 0 Å². The van der Waals surface area contributed by atoms with Gasteiger partial charge in [0.2, 0.25) is 5.96 Å². The fourth-order valence-electron chi connectivity index (χ4n) is 0.541. The zero-order valence-corrected chi connectivity index (χ0v) is 6.09. The van der Waals surface area contributed by atoms with E-state index in [-0.39, 0.29) is 5.96 Å². The highest BCUT2D eigenvalue weighted by molar-refractivity contribution is 5.76. The van der Waals surface area contributed by atoms with Gasteiger partial charge in [-0.25, -0.2) is 4.90 Å². The smallest absolute Gasteiger partial charge is 0.201 e. The number of guanidine groups is 1. The second-order valence-electron chi connectivity index (χ2n) is 1.99. The van der Waals surface area contributed by atoms with E-state index in [0.717, 1.165) is 12.8 Å². The van der Waals surface area contributed by atoms with Gasteiger partial charge in [0.1, 0.15) is 0 Å². The molecule has 0 aromatic heterocycles. The first-order valence-electron chi connectivity index (χ1n) is 3.23. The van der Waals surface area contributed by atoms with E-state index >= 15 is 0 Å². The molecule has 10 heavy (non-hydrogen) atoms. The summed E-state index contributed by atoms with van der Waals surface area (Å²) < 4.78 is 0. The second-order valence-corrected chi connectivity index (χ2v) is 1.99. The van der Waals surface area contributed by atoms with E-state index in [1.54, 1.807) is 0 Å². The molecule has 0 spiro atoms. The molecule has 0 aliphatic heterocycles. The SMILES string of the molecule is CCCCN(C#N)C(=N)N. The summed E-state index contributed by atoms with van der Waals surface area (Å²) in [5, 5.41) is 15.3. The lowest BCUT2D eigenvalue weighted by Crippen LogP contribution is -2.32. The van der Waals surface area contributed by atoms with Crippen molar-refractivity contribution in [3.8, 4) is 6.19 Å².